The van der Waals surface area contributed by atoms with E-state index in [0.29, 0.717) is 5.56 Å². The van der Waals surface area contributed by atoms with Crippen LogP contribution in [0, 0.1) is 11.8 Å². The fourth-order valence-corrected chi connectivity index (χ4v) is 1.16. The highest BCUT2D eigenvalue weighted by Gasteiger charge is 2.05. The molecule has 0 spiro atoms. The highest BCUT2D eigenvalue weighted by Crippen LogP contribution is 2.20. The van der Waals surface area contributed by atoms with Gasteiger partial charge in [0.05, 0.1) is 6.20 Å². The number of aromatic nitrogens is 2. The van der Waals surface area contributed by atoms with E-state index in [4.69, 9.17) is 0 Å². The first kappa shape index (κ1) is 8.74. The summed E-state index contributed by atoms with van der Waals surface area (Å²) in [5.41, 5.74) is 0.634. The molecule has 0 saturated carbocycles. The average Bonchev–Trinajstić information content (AvgIpc) is 2.18. The first-order valence-electron chi connectivity index (χ1n) is 3.99. The van der Waals surface area contributed by atoms with E-state index in [1.54, 1.807) is 6.07 Å². The molecule has 4 heteroatoms. The Morgan fingerprint density at radius 2 is 2.00 bits per heavy atom. The van der Waals surface area contributed by atoms with Crippen molar-refractivity contribution in [3.63, 3.8) is 0 Å². The Morgan fingerprint density at radius 1 is 1.14 bits per heavy atom. The number of hydrogen-bond acceptors (Lipinski definition) is 2. The number of pyridine rings is 2. The van der Waals surface area contributed by atoms with Gasteiger partial charge in [-0.3, -0.25) is 4.98 Å². The maximum Gasteiger partial charge on any atom is 0.220 e. The predicted octanol–water partition coefficient (Wildman–Crippen LogP) is 2.42. The van der Waals surface area contributed by atoms with Crippen molar-refractivity contribution in [3.05, 3.63) is 48.6 Å². The Labute approximate surface area is 79.3 Å². The molecule has 0 amide bonds. The Balaban J connectivity index is 2.55. The largest absolute Gasteiger partial charge is 0.261 e. The first-order chi connectivity index (χ1) is 6.77. The van der Waals surface area contributed by atoms with E-state index < -0.39 is 11.8 Å². The lowest BCUT2D eigenvalue weighted by Gasteiger charge is -2.00. The van der Waals surface area contributed by atoms with Gasteiger partial charge in [0.15, 0.2) is 0 Å². The second kappa shape index (κ2) is 3.49. The van der Waals surface area contributed by atoms with Gasteiger partial charge in [0, 0.05) is 23.5 Å². The Kier molecular flexibility index (Phi) is 2.18. The molecule has 0 aliphatic rings. The van der Waals surface area contributed by atoms with E-state index in [1.807, 2.05) is 0 Å². The van der Waals surface area contributed by atoms with E-state index >= 15 is 0 Å². The lowest BCUT2D eigenvalue weighted by Crippen LogP contribution is -1.89. The third kappa shape index (κ3) is 1.59. The van der Waals surface area contributed by atoms with Crippen molar-refractivity contribution in [3.8, 4) is 11.1 Å². The molecule has 0 fully saturated rings. The minimum absolute atomic E-state index is 0.250. The molecular formula is C10H6F2N2. The fraction of sp³-hybridized carbons (Fsp3) is 0. The summed E-state index contributed by atoms with van der Waals surface area (Å²) in [6, 6.07) is 4.33. The number of nitrogens with zero attached hydrogens (tertiary/aromatic N) is 2. The molecule has 0 atom stereocenters. The van der Waals surface area contributed by atoms with Crippen LogP contribution in [0.15, 0.2) is 36.8 Å². The second-order valence-electron chi connectivity index (χ2n) is 2.73. The zero-order chi connectivity index (χ0) is 9.97. The highest BCUT2D eigenvalue weighted by atomic mass is 19.1. The van der Waals surface area contributed by atoms with Crippen LogP contribution in [0.3, 0.4) is 0 Å². The molecule has 0 saturated heterocycles. The first-order valence-corrected chi connectivity index (χ1v) is 3.99. The molecule has 0 unspecified atom stereocenters. The van der Waals surface area contributed by atoms with Crippen molar-refractivity contribution in [2.75, 3.05) is 0 Å². The van der Waals surface area contributed by atoms with Crippen molar-refractivity contribution in [2.45, 2.75) is 0 Å². The molecule has 0 aliphatic carbocycles. The molecule has 2 aromatic rings. The van der Waals surface area contributed by atoms with Crippen LogP contribution >= 0.6 is 0 Å². The van der Waals surface area contributed by atoms with Gasteiger partial charge < -0.3 is 0 Å². The van der Waals surface area contributed by atoms with E-state index in [1.165, 1.54) is 24.5 Å². The molecule has 2 aromatic heterocycles. The molecular weight excluding hydrogens is 186 g/mol. The SMILES string of the molecule is Fc1cncc(-c2cccnc2F)c1. The summed E-state index contributed by atoms with van der Waals surface area (Å²) in [5.74, 6) is -1.12. The smallest absolute Gasteiger partial charge is 0.220 e. The molecule has 2 heterocycles. The number of hydrogen-bond donors (Lipinski definition) is 0. The third-order valence-corrected chi connectivity index (χ3v) is 1.77. The minimum atomic E-state index is -0.625. The van der Waals surface area contributed by atoms with Crippen molar-refractivity contribution >= 4 is 0 Å². The standard InChI is InChI=1S/C10H6F2N2/c11-8-4-7(5-13-6-8)9-2-1-3-14-10(9)12/h1-6H. The van der Waals surface area contributed by atoms with Gasteiger partial charge in [-0.15, -0.1) is 0 Å². The lowest BCUT2D eigenvalue weighted by atomic mass is 10.1. The zero-order valence-corrected chi connectivity index (χ0v) is 7.11. The Morgan fingerprint density at radius 3 is 2.71 bits per heavy atom. The fourth-order valence-electron chi connectivity index (χ4n) is 1.16. The van der Waals surface area contributed by atoms with Gasteiger partial charge in [0.25, 0.3) is 0 Å². The maximum atomic E-state index is 13.1. The normalized spacial score (nSPS) is 10.1. The maximum absolute atomic E-state index is 13.1. The van der Waals surface area contributed by atoms with Crippen LogP contribution in [0.4, 0.5) is 8.78 Å². The summed E-state index contributed by atoms with van der Waals surface area (Å²) in [6.07, 6.45) is 3.80. The molecule has 0 bridgehead atoms. The summed E-state index contributed by atoms with van der Waals surface area (Å²) in [7, 11) is 0. The number of halogens is 2. The van der Waals surface area contributed by atoms with Gasteiger partial charge in [-0.2, -0.15) is 4.39 Å². The Hall–Kier alpha value is -1.84. The van der Waals surface area contributed by atoms with E-state index in [2.05, 4.69) is 9.97 Å². The number of rotatable bonds is 1. The summed E-state index contributed by atoms with van der Waals surface area (Å²) in [5, 5.41) is 0. The van der Waals surface area contributed by atoms with Crippen LogP contribution in [0.25, 0.3) is 11.1 Å². The van der Waals surface area contributed by atoms with Gasteiger partial charge in [-0.25, -0.2) is 9.37 Å². The quantitative estimate of drug-likeness (QED) is 0.648. The molecule has 0 radical (unpaired) electrons. The van der Waals surface area contributed by atoms with Gasteiger partial charge in [0.2, 0.25) is 5.95 Å². The molecule has 14 heavy (non-hydrogen) atoms. The second-order valence-corrected chi connectivity index (χ2v) is 2.73. The van der Waals surface area contributed by atoms with Gasteiger partial charge in [0.1, 0.15) is 5.82 Å². The van der Waals surface area contributed by atoms with E-state index in [-0.39, 0.29) is 5.56 Å². The van der Waals surface area contributed by atoms with Crippen LogP contribution in [-0.4, -0.2) is 9.97 Å². The van der Waals surface area contributed by atoms with Crippen LogP contribution in [0.1, 0.15) is 0 Å². The summed E-state index contributed by atoms with van der Waals surface area (Å²) >= 11 is 0. The average molecular weight is 192 g/mol. The summed E-state index contributed by atoms with van der Waals surface area (Å²) < 4.78 is 25.9. The summed E-state index contributed by atoms with van der Waals surface area (Å²) in [4.78, 5) is 7.10. The highest BCUT2D eigenvalue weighted by molar-refractivity contribution is 5.61. The van der Waals surface area contributed by atoms with Crippen molar-refractivity contribution in [1.82, 2.24) is 9.97 Å². The topological polar surface area (TPSA) is 25.8 Å². The molecule has 0 N–H and O–H groups in total. The van der Waals surface area contributed by atoms with Gasteiger partial charge >= 0.3 is 0 Å². The Bertz CT molecular complexity index is 457. The van der Waals surface area contributed by atoms with Crippen LogP contribution < -0.4 is 0 Å². The lowest BCUT2D eigenvalue weighted by molar-refractivity contribution is 0.586. The minimum Gasteiger partial charge on any atom is -0.261 e. The van der Waals surface area contributed by atoms with Gasteiger partial charge in [-0.05, 0) is 18.2 Å². The molecule has 2 rings (SSSR count). The van der Waals surface area contributed by atoms with Gasteiger partial charge in [-0.1, -0.05) is 0 Å². The molecule has 2 nitrogen and oxygen atoms in total. The van der Waals surface area contributed by atoms with E-state index in [9.17, 15) is 8.78 Å². The molecule has 0 aromatic carbocycles. The van der Waals surface area contributed by atoms with Crippen molar-refractivity contribution in [1.29, 1.82) is 0 Å². The predicted molar refractivity (Wildman–Crippen MR) is 47.4 cm³/mol. The van der Waals surface area contributed by atoms with Crippen LogP contribution in [0.2, 0.25) is 0 Å². The van der Waals surface area contributed by atoms with Crippen LogP contribution in [0.5, 0.6) is 0 Å². The van der Waals surface area contributed by atoms with Crippen LogP contribution in [-0.2, 0) is 0 Å². The van der Waals surface area contributed by atoms with Crippen molar-refractivity contribution in [2.24, 2.45) is 0 Å². The van der Waals surface area contributed by atoms with Crippen molar-refractivity contribution < 1.29 is 8.78 Å². The van der Waals surface area contributed by atoms with E-state index in [0.717, 1.165) is 6.20 Å². The summed E-state index contributed by atoms with van der Waals surface area (Å²) in [6.45, 7) is 0. The molecule has 0 aliphatic heterocycles. The third-order valence-electron chi connectivity index (χ3n) is 1.77. The zero-order valence-electron chi connectivity index (χ0n) is 7.11. The molecule has 70 valence electrons. The monoisotopic (exact) mass is 192 g/mol.